The summed E-state index contributed by atoms with van der Waals surface area (Å²) in [6.07, 6.45) is 3.83. The molecule has 0 unspecified atom stereocenters. The third-order valence-electron chi connectivity index (χ3n) is 1.95. The number of rotatable bonds is 8. The Morgan fingerprint density at radius 3 is 2.50 bits per heavy atom. The van der Waals surface area contributed by atoms with Crippen LogP contribution in [-0.4, -0.2) is 25.5 Å². The maximum absolute atomic E-state index is 11.3. The van der Waals surface area contributed by atoms with Gasteiger partial charge in [0.25, 0.3) is 0 Å². The number of esters is 1. The van der Waals surface area contributed by atoms with Crippen molar-refractivity contribution in [2.45, 2.75) is 46.5 Å². The minimum Gasteiger partial charge on any atom is -0.465 e. The molecule has 0 spiro atoms. The van der Waals surface area contributed by atoms with Crippen LogP contribution in [0.5, 0.6) is 0 Å². The minimum atomic E-state index is -0.127. The molecule has 0 aromatic rings. The summed E-state index contributed by atoms with van der Waals surface area (Å²) in [5.74, 6) is -0.127. The van der Waals surface area contributed by atoms with Gasteiger partial charge >= 0.3 is 5.97 Å². The van der Waals surface area contributed by atoms with Crippen LogP contribution >= 0.6 is 0 Å². The van der Waals surface area contributed by atoms with Gasteiger partial charge in [0, 0.05) is 13.0 Å². The highest BCUT2D eigenvalue weighted by Crippen LogP contribution is 2.13. The van der Waals surface area contributed by atoms with Gasteiger partial charge < -0.3 is 10.1 Å². The number of carbonyl (C=O) groups excluding carboxylic acids is 2. The van der Waals surface area contributed by atoms with Crippen LogP contribution in [0.25, 0.3) is 0 Å². The molecule has 16 heavy (non-hydrogen) atoms. The molecule has 1 N–H and O–H groups in total. The van der Waals surface area contributed by atoms with Crippen molar-refractivity contribution in [2.24, 2.45) is 5.41 Å². The van der Waals surface area contributed by atoms with Crippen LogP contribution in [0.3, 0.4) is 0 Å². The molecule has 0 atom stereocenters. The quantitative estimate of drug-likeness (QED) is 0.393. The molecular formula is C12H23NO3. The maximum atomic E-state index is 11.3. The van der Waals surface area contributed by atoms with Gasteiger partial charge in [-0.05, 0) is 18.3 Å². The molecule has 0 heterocycles. The Morgan fingerprint density at radius 2 is 1.94 bits per heavy atom. The molecule has 0 rings (SSSR count). The summed E-state index contributed by atoms with van der Waals surface area (Å²) in [4.78, 5) is 21.2. The molecule has 0 saturated carbocycles. The molecule has 0 aliphatic heterocycles. The molecule has 1 amide bonds. The Morgan fingerprint density at radius 1 is 1.25 bits per heavy atom. The highest BCUT2D eigenvalue weighted by atomic mass is 16.5. The van der Waals surface area contributed by atoms with Gasteiger partial charge in [-0.15, -0.1) is 0 Å². The lowest BCUT2D eigenvalue weighted by Crippen LogP contribution is -2.18. The predicted octanol–water partition coefficient (Wildman–Crippen LogP) is 1.88. The lowest BCUT2D eigenvalue weighted by molar-refractivity contribution is -0.146. The zero-order chi connectivity index (χ0) is 12.4. The maximum Gasteiger partial charge on any atom is 0.305 e. The highest BCUT2D eigenvalue weighted by molar-refractivity contribution is 5.69. The number of hydrogen-bond acceptors (Lipinski definition) is 3. The second-order valence-corrected chi connectivity index (χ2v) is 5.10. The van der Waals surface area contributed by atoms with Crippen molar-refractivity contribution in [1.29, 1.82) is 0 Å². The van der Waals surface area contributed by atoms with E-state index in [2.05, 4.69) is 5.32 Å². The summed E-state index contributed by atoms with van der Waals surface area (Å²) in [6, 6.07) is 0. The largest absolute Gasteiger partial charge is 0.465 e. The number of carbonyl (C=O) groups is 2. The Labute approximate surface area is 97.7 Å². The predicted molar refractivity (Wildman–Crippen MR) is 62.9 cm³/mol. The average molecular weight is 229 g/mol. The molecular weight excluding hydrogens is 206 g/mol. The van der Waals surface area contributed by atoms with E-state index in [9.17, 15) is 9.59 Å². The lowest BCUT2D eigenvalue weighted by atomic mass is 9.99. The van der Waals surface area contributed by atoms with Crippen molar-refractivity contribution in [3.63, 3.8) is 0 Å². The zero-order valence-corrected chi connectivity index (χ0v) is 10.5. The monoisotopic (exact) mass is 229 g/mol. The molecule has 0 bridgehead atoms. The first-order valence-corrected chi connectivity index (χ1v) is 5.78. The van der Waals surface area contributed by atoms with Gasteiger partial charge in [-0.2, -0.15) is 0 Å². The van der Waals surface area contributed by atoms with Gasteiger partial charge in [0.15, 0.2) is 0 Å². The van der Waals surface area contributed by atoms with E-state index >= 15 is 0 Å². The summed E-state index contributed by atoms with van der Waals surface area (Å²) >= 11 is 0. The number of nitrogens with one attached hydrogen (secondary N) is 1. The van der Waals surface area contributed by atoms with Crippen LogP contribution in [0.1, 0.15) is 46.5 Å². The molecule has 4 heteroatoms. The number of hydrogen-bond donors (Lipinski definition) is 1. The third kappa shape index (κ3) is 11.0. The fourth-order valence-electron chi connectivity index (χ4n) is 1.10. The summed E-state index contributed by atoms with van der Waals surface area (Å²) in [5.41, 5.74) is 0.0313. The van der Waals surface area contributed by atoms with E-state index in [0.29, 0.717) is 26.0 Å². The van der Waals surface area contributed by atoms with Crippen molar-refractivity contribution >= 4 is 12.4 Å². The summed E-state index contributed by atoms with van der Waals surface area (Å²) in [7, 11) is 0. The standard InChI is InChI=1S/C12H23NO3/c1-12(2,3)9-16-11(15)7-5-4-6-8-13-10-14/h10H,4-9H2,1-3H3,(H,13,14). The highest BCUT2D eigenvalue weighted by Gasteiger charge is 2.13. The Balaban J connectivity index is 3.34. The van der Waals surface area contributed by atoms with Crippen molar-refractivity contribution < 1.29 is 14.3 Å². The van der Waals surface area contributed by atoms with E-state index in [4.69, 9.17) is 4.74 Å². The first-order chi connectivity index (χ1) is 7.45. The van der Waals surface area contributed by atoms with Gasteiger partial charge in [-0.3, -0.25) is 9.59 Å². The van der Waals surface area contributed by atoms with E-state index in [-0.39, 0.29) is 11.4 Å². The molecule has 0 aliphatic carbocycles. The number of unbranched alkanes of at least 4 members (excludes halogenated alkanes) is 2. The molecule has 4 nitrogen and oxygen atoms in total. The smallest absolute Gasteiger partial charge is 0.305 e. The van der Waals surface area contributed by atoms with Crippen LogP contribution in [0, 0.1) is 5.41 Å². The second kappa shape index (κ2) is 8.13. The van der Waals surface area contributed by atoms with Gasteiger partial charge in [0.05, 0.1) is 6.61 Å². The van der Waals surface area contributed by atoms with Crippen LogP contribution in [-0.2, 0) is 14.3 Å². The second-order valence-electron chi connectivity index (χ2n) is 5.10. The van der Waals surface area contributed by atoms with Crippen LogP contribution < -0.4 is 5.32 Å². The molecule has 0 aromatic carbocycles. The first-order valence-electron chi connectivity index (χ1n) is 5.78. The van der Waals surface area contributed by atoms with Gasteiger partial charge in [-0.25, -0.2) is 0 Å². The van der Waals surface area contributed by atoms with Gasteiger partial charge in [-0.1, -0.05) is 27.2 Å². The third-order valence-corrected chi connectivity index (χ3v) is 1.95. The zero-order valence-electron chi connectivity index (χ0n) is 10.5. The van der Waals surface area contributed by atoms with Crippen molar-refractivity contribution in [3.8, 4) is 0 Å². The fourth-order valence-corrected chi connectivity index (χ4v) is 1.10. The number of ether oxygens (including phenoxy) is 1. The molecule has 0 aromatic heterocycles. The summed E-state index contributed by atoms with van der Waals surface area (Å²) in [6.45, 7) is 7.25. The molecule has 0 aliphatic rings. The van der Waals surface area contributed by atoms with Crippen molar-refractivity contribution in [1.82, 2.24) is 5.32 Å². The fraction of sp³-hybridized carbons (Fsp3) is 0.833. The summed E-state index contributed by atoms with van der Waals surface area (Å²) in [5, 5.41) is 2.58. The van der Waals surface area contributed by atoms with Crippen LogP contribution in [0.15, 0.2) is 0 Å². The average Bonchev–Trinajstić information content (AvgIpc) is 2.19. The molecule has 0 saturated heterocycles. The van der Waals surface area contributed by atoms with Gasteiger partial charge in [0.1, 0.15) is 0 Å². The first kappa shape index (κ1) is 14.9. The van der Waals surface area contributed by atoms with E-state index in [1.165, 1.54) is 0 Å². The van der Waals surface area contributed by atoms with E-state index in [1.54, 1.807) is 0 Å². The van der Waals surface area contributed by atoms with E-state index < -0.39 is 0 Å². The molecule has 94 valence electrons. The Kier molecular flexibility index (Phi) is 7.60. The summed E-state index contributed by atoms with van der Waals surface area (Å²) < 4.78 is 5.12. The van der Waals surface area contributed by atoms with Gasteiger partial charge in [0.2, 0.25) is 6.41 Å². The Hall–Kier alpha value is -1.06. The normalized spacial score (nSPS) is 10.9. The number of amides is 1. The molecule has 0 radical (unpaired) electrons. The topological polar surface area (TPSA) is 55.4 Å². The molecule has 0 fully saturated rings. The van der Waals surface area contributed by atoms with Crippen LogP contribution in [0.2, 0.25) is 0 Å². The SMILES string of the molecule is CC(C)(C)COC(=O)CCCCCNC=O. The minimum absolute atomic E-state index is 0.0313. The van der Waals surface area contributed by atoms with Crippen molar-refractivity contribution in [2.75, 3.05) is 13.2 Å². The Bertz CT molecular complexity index is 209. The van der Waals surface area contributed by atoms with E-state index in [0.717, 1.165) is 19.3 Å². The lowest BCUT2D eigenvalue weighted by Gasteiger charge is -2.17. The van der Waals surface area contributed by atoms with E-state index in [1.807, 2.05) is 20.8 Å². The van der Waals surface area contributed by atoms with Crippen LogP contribution in [0.4, 0.5) is 0 Å². The van der Waals surface area contributed by atoms with Crippen molar-refractivity contribution in [3.05, 3.63) is 0 Å².